The van der Waals surface area contributed by atoms with E-state index in [0.29, 0.717) is 22.7 Å². The van der Waals surface area contributed by atoms with Crippen molar-refractivity contribution < 1.29 is 4.74 Å². The third-order valence-electron chi connectivity index (χ3n) is 4.28. The third-order valence-corrected chi connectivity index (χ3v) is 4.28. The molecule has 0 bridgehead atoms. The Morgan fingerprint density at radius 2 is 1.52 bits per heavy atom. The molecule has 5 aromatic rings. The van der Waals surface area contributed by atoms with Gasteiger partial charge in [-0.2, -0.15) is 0 Å². The van der Waals surface area contributed by atoms with Gasteiger partial charge >= 0.3 is 0 Å². The minimum atomic E-state index is 0.642. The van der Waals surface area contributed by atoms with E-state index < -0.39 is 0 Å². The molecule has 0 atom stereocenters. The maximum atomic E-state index is 6.29. The van der Waals surface area contributed by atoms with Gasteiger partial charge in [0.2, 0.25) is 0 Å². The van der Waals surface area contributed by atoms with E-state index in [2.05, 4.69) is 15.0 Å². The number of hydrogen-bond acceptors (Lipinski definition) is 5. The van der Waals surface area contributed by atoms with Gasteiger partial charge in [0.25, 0.3) is 0 Å². The topological polar surface area (TPSA) is 60.8 Å². The average Bonchev–Trinajstić information content (AvgIpc) is 2.74. The molecule has 0 radical (unpaired) electrons. The summed E-state index contributed by atoms with van der Waals surface area (Å²) < 4.78 is 6.29. The first-order valence-electron chi connectivity index (χ1n) is 8.57. The molecule has 0 aliphatic carbocycles. The number of hydrogen-bond donors (Lipinski definition) is 0. The molecule has 1 aromatic carbocycles. The van der Waals surface area contributed by atoms with Crippen molar-refractivity contribution in [3.8, 4) is 22.8 Å². The van der Waals surface area contributed by atoms with E-state index in [4.69, 9.17) is 9.72 Å². The largest absolute Gasteiger partial charge is 0.453 e. The van der Waals surface area contributed by atoms with Crippen LogP contribution < -0.4 is 4.74 Å². The smallest absolute Gasteiger partial charge is 0.160 e. The van der Waals surface area contributed by atoms with Crippen LogP contribution in [0.1, 0.15) is 0 Å². The second-order valence-electron chi connectivity index (χ2n) is 6.03. The van der Waals surface area contributed by atoms with Gasteiger partial charge in [0.05, 0.1) is 5.52 Å². The lowest BCUT2D eigenvalue weighted by molar-refractivity contribution is 0.487. The van der Waals surface area contributed by atoms with Gasteiger partial charge in [0.1, 0.15) is 11.2 Å². The number of aromatic nitrogens is 4. The molecule has 5 heteroatoms. The SMILES string of the molecule is c1ccc(-c2nc3ncccc3cc2Oc2ccnc3cccnc23)cc1. The summed E-state index contributed by atoms with van der Waals surface area (Å²) in [6.07, 6.45) is 5.19. The molecular weight excluding hydrogens is 336 g/mol. The van der Waals surface area contributed by atoms with E-state index in [0.717, 1.165) is 22.2 Å². The van der Waals surface area contributed by atoms with E-state index in [1.165, 1.54) is 0 Å². The van der Waals surface area contributed by atoms with Crippen molar-refractivity contribution >= 4 is 22.1 Å². The highest BCUT2D eigenvalue weighted by Crippen LogP contribution is 2.35. The predicted molar refractivity (Wildman–Crippen MR) is 105 cm³/mol. The second kappa shape index (κ2) is 6.46. The van der Waals surface area contributed by atoms with Crippen molar-refractivity contribution in [1.82, 2.24) is 19.9 Å². The van der Waals surface area contributed by atoms with Gasteiger partial charge in [-0.3, -0.25) is 9.97 Å². The molecule has 27 heavy (non-hydrogen) atoms. The first-order chi connectivity index (χ1) is 13.4. The van der Waals surface area contributed by atoms with Crippen LogP contribution in [0.2, 0.25) is 0 Å². The number of nitrogens with zero attached hydrogens (tertiary/aromatic N) is 4. The van der Waals surface area contributed by atoms with E-state index in [1.54, 1.807) is 18.6 Å². The predicted octanol–water partition coefficient (Wildman–Crippen LogP) is 5.03. The Labute approximate surface area is 155 Å². The standard InChI is InChI=1S/C22H14N4O/c1-2-6-15(7-3-1)20-19(14-16-8-4-12-25-22(16)26-20)27-18-10-13-23-17-9-5-11-24-21(17)18/h1-14H. The maximum Gasteiger partial charge on any atom is 0.160 e. The first-order valence-corrected chi connectivity index (χ1v) is 8.57. The van der Waals surface area contributed by atoms with Crippen molar-refractivity contribution in [2.45, 2.75) is 0 Å². The molecule has 0 spiro atoms. The molecule has 0 aliphatic heterocycles. The summed E-state index contributed by atoms with van der Waals surface area (Å²) in [5, 5.41) is 0.915. The van der Waals surface area contributed by atoms with Gasteiger partial charge in [0.15, 0.2) is 17.1 Å². The van der Waals surface area contributed by atoms with Crippen LogP contribution in [-0.4, -0.2) is 19.9 Å². The Kier molecular flexibility index (Phi) is 3.68. The number of rotatable bonds is 3. The summed E-state index contributed by atoms with van der Waals surface area (Å²) in [5.41, 5.74) is 3.88. The molecule has 5 rings (SSSR count). The van der Waals surface area contributed by atoms with Gasteiger partial charge < -0.3 is 4.74 Å². The van der Waals surface area contributed by atoms with Gasteiger partial charge in [-0.1, -0.05) is 30.3 Å². The molecule has 4 aromatic heterocycles. The van der Waals surface area contributed by atoms with Crippen LogP contribution in [0.3, 0.4) is 0 Å². The Balaban J connectivity index is 1.71. The lowest BCUT2D eigenvalue weighted by Crippen LogP contribution is -1.95. The Hall–Kier alpha value is -3.86. The van der Waals surface area contributed by atoms with E-state index >= 15 is 0 Å². The number of fused-ring (bicyclic) bond motifs is 2. The normalized spacial score (nSPS) is 11.0. The highest BCUT2D eigenvalue weighted by atomic mass is 16.5. The molecule has 0 amide bonds. The summed E-state index contributed by atoms with van der Waals surface area (Å²) in [4.78, 5) is 17.9. The van der Waals surface area contributed by atoms with Crippen molar-refractivity contribution in [2.24, 2.45) is 0 Å². The van der Waals surface area contributed by atoms with Gasteiger partial charge in [0, 0.05) is 35.6 Å². The molecule has 5 nitrogen and oxygen atoms in total. The van der Waals surface area contributed by atoms with Gasteiger partial charge in [-0.05, 0) is 30.3 Å². The second-order valence-corrected chi connectivity index (χ2v) is 6.03. The van der Waals surface area contributed by atoms with E-state index in [9.17, 15) is 0 Å². The molecule has 0 saturated heterocycles. The zero-order valence-corrected chi connectivity index (χ0v) is 14.3. The number of pyridine rings is 4. The fourth-order valence-electron chi connectivity index (χ4n) is 3.02. The van der Waals surface area contributed by atoms with E-state index in [-0.39, 0.29) is 0 Å². The minimum absolute atomic E-state index is 0.642. The maximum absolute atomic E-state index is 6.29. The average molecular weight is 350 g/mol. The fraction of sp³-hybridized carbons (Fsp3) is 0. The molecule has 0 aliphatic rings. The Morgan fingerprint density at radius 1 is 0.667 bits per heavy atom. The van der Waals surface area contributed by atoms with Gasteiger partial charge in [-0.25, -0.2) is 9.97 Å². The molecule has 0 fully saturated rings. The summed E-state index contributed by atoms with van der Waals surface area (Å²) >= 11 is 0. The van der Waals surface area contributed by atoms with Crippen LogP contribution in [0.4, 0.5) is 0 Å². The Morgan fingerprint density at radius 3 is 2.44 bits per heavy atom. The van der Waals surface area contributed by atoms with Crippen molar-refractivity contribution in [3.63, 3.8) is 0 Å². The first kappa shape index (κ1) is 15.4. The summed E-state index contributed by atoms with van der Waals surface area (Å²) in [6, 6.07) is 21.4. The zero-order chi connectivity index (χ0) is 18.1. The van der Waals surface area contributed by atoms with Crippen LogP contribution in [0.15, 0.2) is 85.3 Å². The highest BCUT2D eigenvalue weighted by molar-refractivity contribution is 5.84. The van der Waals surface area contributed by atoms with Crippen molar-refractivity contribution in [3.05, 3.63) is 85.3 Å². The van der Waals surface area contributed by atoms with Crippen LogP contribution in [0, 0.1) is 0 Å². The highest BCUT2D eigenvalue weighted by Gasteiger charge is 2.14. The van der Waals surface area contributed by atoms with Crippen LogP contribution in [0.25, 0.3) is 33.3 Å². The van der Waals surface area contributed by atoms with Gasteiger partial charge in [-0.15, -0.1) is 0 Å². The molecule has 0 unspecified atom stereocenters. The van der Waals surface area contributed by atoms with Crippen molar-refractivity contribution in [2.75, 3.05) is 0 Å². The summed E-state index contributed by atoms with van der Waals surface area (Å²) in [7, 11) is 0. The molecule has 4 heterocycles. The fourth-order valence-corrected chi connectivity index (χ4v) is 3.02. The lowest BCUT2D eigenvalue weighted by atomic mass is 10.1. The van der Waals surface area contributed by atoms with Crippen molar-refractivity contribution in [1.29, 1.82) is 0 Å². The summed E-state index contributed by atoms with van der Waals surface area (Å²) in [6.45, 7) is 0. The molecular formula is C22H14N4O. The molecule has 0 saturated carbocycles. The van der Waals surface area contributed by atoms with Crippen LogP contribution in [-0.2, 0) is 0 Å². The molecule has 128 valence electrons. The number of ether oxygens (including phenoxy) is 1. The Bertz CT molecular complexity index is 1250. The monoisotopic (exact) mass is 350 g/mol. The zero-order valence-electron chi connectivity index (χ0n) is 14.3. The lowest BCUT2D eigenvalue weighted by Gasteiger charge is -2.13. The minimum Gasteiger partial charge on any atom is -0.453 e. The molecule has 0 N–H and O–H groups in total. The quantitative estimate of drug-likeness (QED) is 0.456. The number of benzene rings is 1. The summed E-state index contributed by atoms with van der Waals surface area (Å²) in [5.74, 6) is 1.29. The van der Waals surface area contributed by atoms with Crippen LogP contribution in [0.5, 0.6) is 11.5 Å². The van der Waals surface area contributed by atoms with Crippen LogP contribution >= 0.6 is 0 Å². The third kappa shape index (κ3) is 2.85. The van der Waals surface area contributed by atoms with E-state index in [1.807, 2.05) is 66.7 Å².